The average molecular weight is 1410 g/mol. The van der Waals surface area contributed by atoms with Crippen LogP contribution in [0.15, 0.2) is 237 Å². The first-order chi connectivity index (χ1) is 41.9. The molecule has 12 aromatic rings. The van der Waals surface area contributed by atoms with Crippen LogP contribution in [0.2, 0.25) is 39.3 Å². The van der Waals surface area contributed by atoms with Gasteiger partial charge < -0.3 is 24.5 Å². The SMILES string of the molecule is C[Si](C)(C)c1ccc(-c2[c-]cc3c(c2)-c2ccccc2C3)nc1.C[Si](C)(C)c1ccc(-c2[c-]cc3c(c2)c2ccccc2n3-c2ccccc2)nc1.[2H]c1[c-]c(-c2nc([2H])c([2H])c([2H])c2[2H])c([2H])c([2H])c1[2H].[2H]c1nc(-c2[c-]cccc2)c([2H])c([2H])c1[2H].[Ir].[Ir]. The Hall–Kier alpha value is -7.33. The maximum atomic E-state index is 7.75. The largest absolute Gasteiger partial charge is 0.351 e. The van der Waals surface area contributed by atoms with Crippen molar-refractivity contribution >= 4 is 48.3 Å². The van der Waals surface area contributed by atoms with Gasteiger partial charge in [-0.2, -0.15) is 0 Å². The van der Waals surface area contributed by atoms with E-state index in [1.807, 2.05) is 6.20 Å². The van der Waals surface area contributed by atoms with Gasteiger partial charge in [0.1, 0.15) is 0 Å². The van der Waals surface area contributed by atoms with Crippen LogP contribution < -0.4 is 10.4 Å². The Morgan fingerprint density at radius 2 is 1.05 bits per heavy atom. The number of hydrogen-bond donors (Lipinski definition) is 0. The Labute approximate surface area is 506 Å². The summed E-state index contributed by atoms with van der Waals surface area (Å²) in [6.45, 7) is 14.1. The number of para-hydroxylation sites is 2. The molecule has 0 fully saturated rings. The van der Waals surface area contributed by atoms with E-state index in [1.165, 1.54) is 54.4 Å². The zero-order valence-electron chi connectivity index (χ0n) is 55.7. The van der Waals surface area contributed by atoms with Crippen LogP contribution in [0.4, 0.5) is 0 Å². The van der Waals surface area contributed by atoms with Crippen molar-refractivity contribution in [1.82, 2.24) is 24.5 Å². The van der Waals surface area contributed by atoms with Gasteiger partial charge in [-0.25, -0.2) is 0 Å². The average Bonchev–Trinajstić information content (AvgIpc) is 1.77. The van der Waals surface area contributed by atoms with Crippen molar-refractivity contribution in [2.75, 3.05) is 0 Å². The van der Waals surface area contributed by atoms with E-state index in [0.29, 0.717) is 5.56 Å². The van der Waals surface area contributed by atoms with Crippen LogP contribution in [0.25, 0.3) is 83.6 Å². The van der Waals surface area contributed by atoms with E-state index in [1.54, 1.807) is 24.3 Å². The van der Waals surface area contributed by atoms with Crippen molar-refractivity contribution < 1.29 is 56.7 Å². The van der Waals surface area contributed by atoms with Gasteiger partial charge in [0.25, 0.3) is 0 Å². The van der Waals surface area contributed by atoms with Crippen molar-refractivity contribution in [3.05, 3.63) is 272 Å². The van der Waals surface area contributed by atoms with E-state index in [2.05, 4.69) is 212 Å². The Morgan fingerprint density at radius 3 is 1.71 bits per heavy atom. The molecule has 5 heterocycles. The van der Waals surface area contributed by atoms with Gasteiger partial charge in [0, 0.05) is 78.9 Å². The minimum atomic E-state index is -1.35. The smallest absolute Gasteiger partial charge is 0.0830 e. The van der Waals surface area contributed by atoms with Gasteiger partial charge in [0.15, 0.2) is 0 Å². The van der Waals surface area contributed by atoms with E-state index in [4.69, 9.17) is 26.4 Å². The molecule has 0 saturated carbocycles. The van der Waals surface area contributed by atoms with Crippen molar-refractivity contribution in [2.45, 2.75) is 45.7 Å². The maximum absolute atomic E-state index is 7.75. The number of rotatable bonds is 7. The number of benzene rings is 7. The third-order valence-electron chi connectivity index (χ3n) is 12.8. The molecule has 2 radical (unpaired) electrons. The minimum absolute atomic E-state index is 0. The summed E-state index contributed by atoms with van der Waals surface area (Å²) in [5.74, 6) is 0. The van der Waals surface area contributed by atoms with Gasteiger partial charge in [0.05, 0.1) is 27.1 Å². The van der Waals surface area contributed by atoms with Crippen LogP contribution in [-0.4, -0.2) is 40.7 Å². The Balaban J connectivity index is 0.000000157. The first-order valence-corrected chi connectivity index (χ1v) is 31.8. The molecule has 13 rings (SSSR count). The molecule has 0 bridgehead atoms. The molecule has 5 aromatic heterocycles. The summed E-state index contributed by atoms with van der Waals surface area (Å²) in [4.78, 5) is 17.0. The van der Waals surface area contributed by atoms with Crippen LogP contribution in [-0.2, 0) is 46.6 Å². The van der Waals surface area contributed by atoms with Crippen molar-refractivity contribution in [3.8, 4) is 61.8 Å². The molecule has 0 spiro atoms. The molecule has 0 amide bonds. The summed E-state index contributed by atoms with van der Waals surface area (Å²) in [5.41, 5.74) is 13.5. The van der Waals surface area contributed by atoms with E-state index in [9.17, 15) is 0 Å². The molecular weight excluding hydrogens is 1340 g/mol. The molecule has 7 aromatic carbocycles. The fourth-order valence-corrected chi connectivity index (χ4v) is 10.8. The monoisotopic (exact) mass is 1410 g/mol. The van der Waals surface area contributed by atoms with Crippen molar-refractivity contribution in [1.29, 1.82) is 0 Å². The summed E-state index contributed by atoms with van der Waals surface area (Å²) >= 11 is 0. The second-order valence-electron chi connectivity index (χ2n) is 20.0. The quantitative estimate of drug-likeness (QED) is 0.118. The summed E-state index contributed by atoms with van der Waals surface area (Å²) in [6.07, 6.45) is 4.31. The first-order valence-electron chi connectivity index (χ1n) is 30.8. The second kappa shape index (κ2) is 25.9. The fourth-order valence-electron chi connectivity index (χ4n) is 8.73. The van der Waals surface area contributed by atoms with Gasteiger partial charge in [-0.05, 0) is 94.6 Å². The normalized spacial score (nSPS) is 13.4. The number of pyridine rings is 4. The molecule has 0 atom stereocenters. The van der Waals surface area contributed by atoms with Gasteiger partial charge >= 0.3 is 0 Å². The second-order valence-corrected chi connectivity index (χ2v) is 30.1. The fraction of sp³-hybridized carbons (Fsp3) is 0.101. The zero-order valence-corrected chi connectivity index (χ0v) is 50.5. The topological polar surface area (TPSA) is 56.5 Å². The zero-order chi connectivity index (χ0) is 62.9. The summed E-state index contributed by atoms with van der Waals surface area (Å²) < 4.78 is 92.7. The van der Waals surface area contributed by atoms with Crippen molar-refractivity contribution in [3.63, 3.8) is 0 Å². The third kappa shape index (κ3) is 13.5. The van der Waals surface area contributed by atoms with E-state index >= 15 is 0 Å². The molecule has 1 aliphatic rings. The first kappa shape index (κ1) is 42.7. The molecular formula is C69H59Ir2N5Si2-4. The van der Waals surface area contributed by atoms with E-state index < -0.39 is 64.6 Å². The molecule has 0 aliphatic heterocycles. The van der Waals surface area contributed by atoms with Crippen LogP contribution in [0.1, 0.15) is 27.6 Å². The molecule has 390 valence electrons. The number of hydrogen-bond acceptors (Lipinski definition) is 4. The molecule has 9 heteroatoms. The van der Waals surface area contributed by atoms with Crippen LogP contribution in [0.5, 0.6) is 0 Å². The van der Waals surface area contributed by atoms with Gasteiger partial charge in [-0.3, -0.25) is 0 Å². The van der Waals surface area contributed by atoms with Crippen molar-refractivity contribution in [2.24, 2.45) is 0 Å². The molecule has 78 heavy (non-hydrogen) atoms. The molecule has 0 N–H and O–H groups in total. The van der Waals surface area contributed by atoms with Gasteiger partial charge in [-0.15, -0.1) is 125 Å². The maximum Gasteiger partial charge on any atom is 0.0830 e. The standard InChI is InChI=1S/C26H23N2Si.C21H20NSi.2C11H8N.2Ir/c1-29(2,3)21-14-15-24(27-18-21)19-13-16-26-23(17-19)22-11-7-8-12-25(22)28(26)20-9-5-4-6-10-20;1-23(2,3)18-10-11-21(22-14-18)17-9-8-16-12-15-6-4-5-7-19(15)20(16)13-17;2*1-2-6-10(7-3-1)11-8-4-5-9-12-11;;/h4-12,14-18H,1-3H3;4-8,10-11,13-14H,12H2,1-3H3;2*1-6,8-9H;;/q4*-1;;/i;;1D,2D,3D,4D,5D,6D,8D,9D;4D,5D,8D,9D;;. The van der Waals surface area contributed by atoms with E-state index in [-0.39, 0.29) is 81.5 Å². The van der Waals surface area contributed by atoms with Gasteiger partial charge in [-0.1, -0.05) is 159 Å². The number of fused-ring (bicyclic) bond motifs is 6. The molecule has 1 aliphatic carbocycles. The predicted molar refractivity (Wildman–Crippen MR) is 323 cm³/mol. The summed E-state index contributed by atoms with van der Waals surface area (Å²) in [6, 6.07) is 60.3. The summed E-state index contributed by atoms with van der Waals surface area (Å²) in [7, 11) is -2.64. The molecule has 0 unspecified atom stereocenters. The predicted octanol–water partition coefficient (Wildman–Crippen LogP) is 15.9. The number of aromatic nitrogens is 5. The third-order valence-corrected chi connectivity index (χ3v) is 16.8. The minimum Gasteiger partial charge on any atom is -0.351 e. The van der Waals surface area contributed by atoms with Crippen LogP contribution >= 0.6 is 0 Å². The van der Waals surface area contributed by atoms with Crippen LogP contribution in [0.3, 0.4) is 0 Å². The van der Waals surface area contributed by atoms with Crippen LogP contribution in [0, 0.1) is 24.3 Å². The Bertz CT molecular complexity index is 4530. The number of nitrogens with zero attached hydrogens (tertiary/aromatic N) is 5. The summed E-state index contributed by atoms with van der Waals surface area (Å²) in [5, 5.41) is 5.25. The van der Waals surface area contributed by atoms with Gasteiger partial charge in [0.2, 0.25) is 0 Å². The molecule has 0 saturated heterocycles. The van der Waals surface area contributed by atoms with E-state index in [0.717, 1.165) is 34.6 Å². The Kier molecular flexibility index (Phi) is 14.2. The molecule has 5 nitrogen and oxygen atoms in total. The Morgan fingerprint density at radius 1 is 0.449 bits per heavy atom.